The zero-order chi connectivity index (χ0) is 24.0. The van der Waals surface area contributed by atoms with Gasteiger partial charge in [0.15, 0.2) is 0 Å². The molecule has 0 unspecified atom stereocenters. The molecule has 14 nitrogen and oxygen atoms in total. The van der Waals surface area contributed by atoms with E-state index in [1.165, 1.54) is 30.3 Å². The monoisotopic (exact) mass is 516 g/mol. The number of hydrogen-bond donors (Lipinski definition) is 4. The van der Waals surface area contributed by atoms with Crippen molar-refractivity contribution >= 4 is 50.8 Å². The van der Waals surface area contributed by atoms with Crippen LogP contribution in [0.1, 0.15) is 20.7 Å². The van der Waals surface area contributed by atoms with Crippen LogP contribution in [-0.4, -0.2) is 31.6 Å². The minimum atomic E-state index is -0.823. The topological polar surface area (TPSA) is 194 Å². The number of halogens is 1. The van der Waals surface area contributed by atoms with Crippen molar-refractivity contribution in [3.05, 3.63) is 90.7 Å². The van der Waals surface area contributed by atoms with Gasteiger partial charge in [0.2, 0.25) is 11.6 Å². The Morgan fingerprint density at radius 2 is 1.39 bits per heavy atom. The summed E-state index contributed by atoms with van der Waals surface area (Å²) in [6.07, 6.45) is 0.961. The second kappa shape index (κ2) is 10.1. The normalized spacial score (nSPS) is 10.1. The summed E-state index contributed by atoms with van der Waals surface area (Å²) in [5.74, 6) is -2.13. The van der Waals surface area contributed by atoms with E-state index in [0.717, 1.165) is 16.9 Å². The van der Waals surface area contributed by atoms with E-state index in [0.29, 0.717) is 0 Å². The number of nitro benzene ring substituents is 1. The highest BCUT2D eigenvalue weighted by atomic mass is 79.9. The molecule has 2 aromatic carbocycles. The molecule has 0 saturated carbocycles. The fourth-order valence-electron chi connectivity index (χ4n) is 2.47. The van der Waals surface area contributed by atoms with Crippen molar-refractivity contribution in [1.82, 2.24) is 20.8 Å². The molecule has 0 aliphatic carbocycles. The molecule has 0 fully saturated rings. The maximum absolute atomic E-state index is 12.3. The second-order valence-corrected chi connectivity index (χ2v) is 7.06. The summed E-state index contributed by atoms with van der Waals surface area (Å²) in [6.45, 7) is 0. The van der Waals surface area contributed by atoms with Gasteiger partial charge in [-0.3, -0.25) is 51.5 Å². The van der Waals surface area contributed by atoms with Crippen LogP contribution in [0.15, 0.2) is 59.3 Å². The summed E-state index contributed by atoms with van der Waals surface area (Å²) in [5.41, 5.74) is 8.35. The number of anilines is 2. The third kappa shape index (κ3) is 5.73. The minimum absolute atomic E-state index is 0.0616. The summed E-state index contributed by atoms with van der Waals surface area (Å²) in [7, 11) is 0. The molecule has 168 valence electrons. The van der Waals surface area contributed by atoms with E-state index in [1.807, 2.05) is 0 Å². The van der Waals surface area contributed by atoms with Gasteiger partial charge >= 0.3 is 5.69 Å². The minimum Gasteiger partial charge on any atom is -0.276 e. The molecule has 33 heavy (non-hydrogen) atoms. The molecule has 3 aromatic rings. The molecule has 1 heterocycles. The van der Waals surface area contributed by atoms with Gasteiger partial charge in [0.25, 0.3) is 17.5 Å². The Morgan fingerprint density at radius 3 is 1.94 bits per heavy atom. The van der Waals surface area contributed by atoms with Crippen LogP contribution in [0.2, 0.25) is 0 Å². The fourth-order valence-corrected chi connectivity index (χ4v) is 2.74. The number of nitro groups is 2. The first-order valence-corrected chi connectivity index (χ1v) is 9.67. The number of rotatable bonds is 8. The Morgan fingerprint density at radius 1 is 0.818 bits per heavy atom. The molecule has 0 saturated heterocycles. The Bertz CT molecular complexity index is 1240. The number of carbonyl (C=O) groups is 2. The summed E-state index contributed by atoms with van der Waals surface area (Å²) in [5, 5.41) is 22.4. The summed E-state index contributed by atoms with van der Waals surface area (Å²) in [6, 6.07) is 11.2. The van der Waals surface area contributed by atoms with E-state index in [9.17, 15) is 29.8 Å². The highest BCUT2D eigenvalue weighted by Crippen LogP contribution is 2.28. The molecule has 1 aromatic heterocycles. The number of aromatic nitrogens is 2. The number of hydrogen-bond acceptors (Lipinski definition) is 10. The van der Waals surface area contributed by atoms with Crippen LogP contribution in [0, 0.1) is 20.2 Å². The molecule has 0 radical (unpaired) electrons. The van der Waals surface area contributed by atoms with E-state index in [2.05, 4.69) is 47.6 Å². The first kappa shape index (κ1) is 23.0. The fraction of sp³-hybridized carbons (Fsp3) is 0. The van der Waals surface area contributed by atoms with Gasteiger partial charge in [0.1, 0.15) is 6.33 Å². The third-order valence-electron chi connectivity index (χ3n) is 4.02. The molecule has 0 atom stereocenters. The lowest BCUT2D eigenvalue weighted by atomic mass is 10.2. The lowest BCUT2D eigenvalue weighted by Crippen LogP contribution is -2.32. The number of benzene rings is 2. The van der Waals surface area contributed by atoms with E-state index < -0.39 is 33.2 Å². The van der Waals surface area contributed by atoms with E-state index >= 15 is 0 Å². The first-order chi connectivity index (χ1) is 15.8. The second-order valence-electron chi connectivity index (χ2n) is 6.15. The molecule has 0 aliphatic rings. The van der Waals surface area contributed by atoms with Gasteiger partial charge in [-0.25, -0.2) is 9.97 Å². The van der Waals surface area contributed by atoms with Crippen molar-refractivity contribution in [3.63, 3.8) is 0 Å². The van der Waals surface area contributed by atoms with Gasteiger partial charge in [0.05, 0.1) is 9.85 Å². The van der Waals surface area contributed by atoms with E-state index in [4.69, 9.17) is 0 Å². The molecule has 0 aliphatic heterocycles. The molecule has 0 bridgehead atoms. The smallest absolute Gasteiger partial charge is 0.276 e. The lowest BCUT2D eigenvalue weighted by molar-refractivity contribution is -0.384. The molecule has 3 rings (SSSR count). The van der Waals surface area contributed by atoms with Crippen molar-refractivity contribution < 1.29 is 19.4 Å². The SMILES string of the molecule is O=C(NNc1ncnc(NNC(=O)c2cccc([N+](=O)[O-])c2)c1[N+](=O)[O-])c1ccc(Br)cc1. The number of amides is 2. The van der Waals surface area contributed by atoms with Crippen LogP contribution >= 0.6 is 15.9 Å². The molecule has 2 amide bonds. The average Bonchev–Trinajstić information content (AvgIpc) is 2.81. The Hall–Kier alpha value is -4.66. The van der Waals surface area contributed by atoms with Crippen molar-refractivity contribution in [2.24, 2.45) is 0 Å². The van der Waals surface area contributed by atoms with Crippen molar-refractivity contribution in [2.45, 2.75) is 0 Å². The van der Waals surface area contributed by atoms with Crippen LogP contribution in [0.3, 0.4) is 0 Å². The Balaban J connectivity index is 1.73. The zero-order valence-corrected chi connectivity index (χ0v) is 17.9. The first-order valence-electron chi connectivity index (χ1n) is 8.88. The van der Waals surface area contributed by atoms with Crippen LogP contribution < -0.4 is 21.7 Å². The number of hydrazine groups is 2. The predicted octanol–water partition coefficient (Wildman–Crippen LogP) is 2.57. The molecular weight excluding hydrogens is 504 g/mol. The maximum atomic E-state index is 12.3. The summed E-state index contributed by atoms with van der Waals surface area (Å²) in [4.78, 5) is 52.9. The zero-order valence-electron chi connectivity index (χ0n) is 16.3. The Kier molecular flexibility index (Phi) is 7.04. The standard InChI is InChI=1S/C18H13BrN8O6/c19-12-6-4-10(5-7-12)17(28)24-22-15-14(27(32)33)16(21-9-20-15)23-25-18(29)11-2-1-3-13(8-11)26(30)31/h1-9H,(H,24,28)(H,25,29)(H2,20,21,22,23). The predicted molar refractivity (Wildman–Crippen MR) is 118 cm³/mol. The van der Waals surface area contributed by atoms with Gasteiger partial charge in [-0.1, -0.05) is 22.0 Å². The largest absolute Gasteiger partial charge is 0.356 e. The number of nitrogens with one attached hydrogen (secondary N) is 4. The van der Waals surface area contributed by atoms with Gasteiger partial charge in [-0.2, -0.15) is 0 Å². The molecule has 4 N–H and O–H groups in total. The molecule has 0 spiro atoms. The average molecular weight is 517 g/mol. The van der Waals surface area contributed by atoms with Crippen molar-refractivity contribution in [3.8, 4) is 0 Å². The number of nitrogens with zero attached hydrogens (tertiary/aromatic N) is 4. The van der Waals surface area contributed by atoms with Gasteiger partial charge in [-0.15, -0.1) is 0 Å². The summed E-state index contributed by atoms with van der Waals surface area (Å²) >= 11 is 3.25. The highest BCUT2D eigenvalue weighted by Gasteiger charge is 2.24. The lowest BCUT2D eigenvalue weighted by Gasteiger charge is -2.11. The van der Waals surface area contributed by atoms with Crippen LogP contribution in [0.25, 0.3) is 0 Å². The van der Waals surface area contributed by atoms with Crippen LogP contribution in [0.4, 0.5) is 23.0 Å². The quantitative estimate of drug-likeness (QED) is 0.255. The van der Waals surface area contributed by atoms with Crippen LogP contribution in [0.5, 0.6) is 0 Å². The van der Waals surface area contributed by atoms with Gasteiger partial charge in [-0.05, 0) is 30.3 Å². The van der Waals surface area contributed by atoms with Gasteiger partial charge < -0.3 is 0 Å². The van der Waals surface area contributed by atoms with Crippen LogP contribution in [-0.2, 0) is 0 Å². The number of carbonyl (C=O) groups excluding carboxylic acids is 2. The Labute approximate surface area is 192 Å². The summed E-state index contributed by atoms with van der Waals surface area (Å²) < 4.78 is 0.765. The van der Waals surface area contributed by atoms with Crippen molar-refractivity contribution in [1.29, 1.82) is 0 Å². The highest BCUT2D eigenvalue weighted by molar-refractivity contribution is 9.10. The van der Waals surface area contributed by atoms with E-state index in [1.54, 1.807) is 12.1 Å². The third-order valence-corrected chi connectivity index (χ3v) is 4.55. The van der Waals surface area contributed by atoms with Gasteiger partial charge in [0, 0.05) is 27.7 Å². The van der Waals surface area contributed by atoms with Crippen molar-refractivity contribution in [2.75, 3.05) is 10.9 Å². The molecular formula is C18H13BrN8O6. The molecule has 15 heteroatoms. The number of non-ortho nitro benzene ring substituents is 1. The van der Waals surface area contributed by atoms with E-state index in [-0.39, 0.29) is 22.6 Å². The maximum Gasteiger partial charge on any atom is 0.356 e.